The molecule has 0 spiro atoms. The van der Waals surface area contributed by atoms with Gasteiger partial charge in [-0.2, -0.15) is 0 Å². The zero-order valence-corrected chi connectivity index (χ0v) is 16.1. The van der Waals surface area contributed by atoms with Crippen molar-refractivity contribution >= 4 is 23.0 Å². The number of nitrogens with two attached hydrogens (primary N) is 1. The lowest BCUT2D eigenvalue weighted by Crippen LogP contribution is -2.39. The Balaban J connectivity index is 1.59. The summed E-state index contributed by atoms with van der Waals surface area (Å²) in [5.41, 5.74) is 9.55. The Kier molecular flexibility index (Phi) is 4.72. The number of fused-ring (bicyclic) bond motifs is 2. The summed E-state index contributed by atoms with van der Waals surface area (Å²) in [6.45, 7) is 3.37. The van der Waals surface area contributed by atoms with Crippen LogP contribution in [-0.2, 0) is 0 Å². The van der Waals surface area contributed by atoms with Crippen LogP contribution in [0.3, 0.4) is 0 Å². The molecular weight excluding hydrogens is 324 g/mol. The van der Waals surface area contributed by atoms with Gasteiger partial charge in [0.15, 0.2) is 0 Å². The van der Waals surface area contributed by atoms with Crippen LogP contribution in [0.4, 0.5) is 17.1 Å². The van der Waals surface area contributed by atoms with Crippen LogP contribution in [0, 0.1) is 11.8 Å². The summed E-state index contributed by atoms with van der Waals surface area (Å²) in [4.78, 5) is 15.6. The molecule has 1 aliphatic heterocycles. The molecule has 5 heteroatoms. The minimum atomic E-state index is 0.0386. The van der Waals surface area contributed by atoms with Gasteiger partial charge in [0.05, 0.1) is 22.6 Å². The first-order valence-corrected chi connectivity index (χ1v) is 10.2. The number of nitrogens with one attached hydrogen (secondary N) is 2. The number of piperidine rings is 1. The number of rotatable bonds is 4. The van der Waals surface area contributed by atoms with Gasteiger partial charge in [-0.05, 0) is 68.9 Å². The molecular formula is C21H32N4O. The highest BCUT2D eigenvalue weighted by atomic mass is 16.1. The Morgan fingerprint density at radius 1 is 1.15 bits per heavy atom. The molecule has 3 fully saturated rings. The number of hydrogen-bond acceptors (Lipinski definition) is 4. The largest absolute Gasteiger partial charge is 0.397 e. The van der Waals surface area contributed by atoms with E-state index in [-0.39, 0.29) is 5.91 Å². The van der Waals surface area contributed by atoms with E-state index >= 15 is 0 Å². The zero-order valence-electron chi connectivity index (χ0n) is 16.1. The number of carbonyl (C=O) groups is 1. The number of nitrogen functional groups attached to an aromatic ring is 1. The van der Waals surface area contributed by atoms with Gasteiger partial charge in [0, 0.05) is 25.7 Å². The van der Waals surface area contributed by atoms with Crippen molar-refractivity contribution in [3.63, 3.8) is 0 Å². The van der Waals surface area contributed by atoms with Gasteiger partial charge in [-0.25, -0.2) is 0 Å². The normalized spacial score (nSPS) is 30.5. The lowest BCUT2D eigenvalue weighted by molar-refractivity contribution is 0.0923. The van der Waals surface area contributed by atoms with Crippen LogP contribution in [0.1, 0.15) is 62.2 Å². The first-order chi connectivity index (χ1) is 12.5. The third kappa shape index (κ3) is 3.24. The number of hydrogen-bond donors (Lipinski definition) is 3. The Labute approximate surface area is 156 Å². The lowest BCUT2D eigenvalue weighted by Gasteiger charge is -2.32. The summed E-state index contributed by atoms with van der Waals surface area (Å²) in [6, 6.07) is 4.82. The minimum absolute atomic E-state index is 0.0386. The van der Waals surface area contributed by atoms with Crippen LogP contribution in [0.5, 0.6) is 0 Å². The molecule has 3 aliphatic rings. The summed E-state index contributed by atoms with van der Waals surface area (Å²) < 4.78 is 0. The topological polar surface area (TPSA) is 70.4 Å². The molecule has 4 rings (SSSR count). The first kappa shape index (κ1) is 17.5. The van der Waals surface area contributed by atoms with Gasteiger partial charge in [-0.15, -0.1) is 0 Å². The average Bonchev–Trinajstić information content (AvgIpc) is 3.26. The fraction of sp³-hybridized carbons (Fsp3) is 0.667. The molecule has 142 valence electrons. The molecule has 0 aromatic heterocycles. The van der Waals surface area contributed by atoms with Gasteiger partial charge in [-0.1, -0.05) is 6.92 Å². The highest BCUT2D eigenvalue weighted by Crippen LogP contribution is 2.43. The third-order valence-corrected chi connectivity index (χ3v) is 6.75. The van der Waals surface area contributed by atoms with Crippen LogP contribution < -0.4 is 21.3 Å². The summed E-state index contributed by atoms with van der Waals surface area (Å²) in [5.74, 6) is 1.60. The zero-order chi connectivity index (χ0) is 18.3. The number of benzene rings is 1. The van der Waals surface area contributed by atoms with E-state index in [9.17, 15) is 4.79 Å². The van der Waals surface area contributed by atoms with Gasteiger partial charge < -0.3 is 21.3 Å². The van der Waals surface area contributed by atoms with Gasteiger partial charge in [0.25, 0.3) is 5.91 Å². The Morgan fingerprint density at radius 3 is 2.54 bits per heavy atom. The number of anilines is 3. The van der Waals surface area contributed by atoms with Gasteiger partial charge >= 0.3 is 0 Å². The average molecular weight is 357 g/mol. The van der Waals surface area contributed by atoms with Crippen LogP contribution >= 0.6 is 0 Å². The van der Waals surface area contributed by atoms with E-state index in [0.29, 0.717) is 17.8 Å². The predicted molar refractivity (Wildman–Crippen MR) is 108 cm³/mol. The Morgan fingerprint density at radius 2 is 1.92 bits per heavy atom. The number of amides is 1. The minimum Gasteiger partial charge on any atom is -0.397 e. The molecule has 4 N–H and O–H groups in total. The highest BCUT2D eigenvalue weighted by molar-refractivity contribution is 6.02. The van der Waals surface area contributed by atoms with Crippen molar-refractivity contribution in [3.8, 4) is 0 Å². The molecule has 2 atom stereocenters. The molecule has 26 heavy (non-hydrogen) atoms. The van der Waals surface area contributed by atoms with Gasteiger partial charge in [0.2, 0.25) is 0 Å². The monoisotopic (exact) mass is 356 g/mol. The summed E-state index contributed by atoms with van der Waals surface area (Å²) in [5, 5.41) is 6.46. The highest BCUT2D eigenvalue weighted by Gasteiger charge is 2.39. The Bertz CT molecular complexity index is 681. The maximum absolute atomic E-state index is 13.1. The summed E-state index contributed by atoms with van der Waals surface area (Å²) in [6.07, 6.45) is 8.41. The number of carbonyl (C=O) groups excluding carboxylic acids is 1. The molecule has 1 heterocycles. The quantitative estimate of drug-likeness (QED) is 0.721. The third-order valence-electron chi connectivity index (χ3n) is 6.75. The molecule has 0 radical (unpaired) electrons. The fourth-order valence-electron chi connectivity index (χ4n) is 5.13. The molecule has 1 saturated heterocycles. The summed E-state index contributed by atoms with van der Waals surface area (Å²) >= 11 is 0. The van der Waals surface area contributed by atoms with Crippen molar-refractivity contribution in [2.45, 2.75) is 64.0 Å². The molecule has 5 nitrogen and oxygen atoms in total. The summed E-state index contributed by atoms with van der Waals surface area (Å²) in [7, 11) is 1.88. The van der Waals surface area contributed by atoms with Gasteiger partial charge in [0.1, 0.15) is 0 Å². The second-order valence-corrected chi connectivity index (χ2v) is 8.62. The van der Waals surface area contributed by atoms with E-state index in [1.165, 1.54) is 32.1 Å². The molecule has 1 aromatic rings. The molecule has 2 unspecified atom stereocenters. The lowest BCUT2D eigenvalue weighted by atomic mass is 9.87. The van der Waals surface area contributed by atoms with Crippen molar-refractivity contribution in [1.29, 1.82) is 0 Å². The smallest absolute Gasteiger partial charge is 0.253 e. The number of nitrogens with zero attached hydrogens (tertiary/aromatic N) is 1. The van der Waals surface area contributed by atoms with Crippen LogP contribution in [-0.4, -0.2) is 31.6 Å². The van der Waals surface area contributed by atoms with Crippen molar-refractivity contribution in [3.05, 3.63) is 17.7 Å². The van der Waals surface area contributed by atoms with Crippen molar-refractivity contribution in [2.75, 3.05) is 29.5 Å². The SMILES string of the molecule is CNc1cc(N2CC3CCC2C3)c(C(=O)N[C@H]2CC[C@H](C)CC2)cc1N. The van der Waals surface area contributed by atoms with Crippen molar-refractivity contribution < 1.29 is 4.79 Å². The molecule has 2 saturated carbocycles. The van der Waals surface area contributed by atoms with E-state index in [1.54, 1.807) is 0 Å². The van der Waals surface area contributed by atoms with Crippen molar-refractivity contribution in [2.24, 2.45) is 11.8 Å². The maximum Gasteiger partial charge on any atom is 0.253 e. The van der Waals surface area contributed by atoms with Crippen molar-refractivity contribution in [1.82, 2.24) is 5.32 Å². The Hall–Kier alpha value is -1.91. The predicted octanol–water partition coefficient (Wildman–Crippen LogP) is 3.61. The maximum atomic E-state index is 13.1. The van der Waals surface area contributed by atoms with Crippen LogP contribution in [0.2, 0.25) is 0 Å². The van der Waals surface area contributed by atoms with E-state index < -0.39 is 0 Å². The standard InChI is InChI=1S/C21H32N4O/c1-13-3-6-15(7-4-13)24-21(26)17-10-18(22)19(23-2)11-20(17)25-12-14-5-8-16(25)9-14/h10-11,13-16,23H,3-9,12,22H2,1-2H3,(H,24,26)/t13-,14?,15-,16?. The molecule has 1 aromatic carbocycles. The van der Waals surface area contributed by atoms with E-state index in [1.807, 2.05) is 13.1 Å². The fourth-order valence-corrected chi connectivity index (χ4v) is 5.13. The second kappa shape index (κ2) is 7.01. The van der Waals surface area contributed by atoms with E-state index in [4.69, 9.17) is 5.73 Å². The first-order valence-electron chi connectivity index (χ1n) is 10.2. The van der Waals surface area contributed by atoms with E-state index in [2.05, 4.69) is 28.5 Å². The van der Waals surface area contributed by atoms with Gasteiger partial charge in [-0.3, -0.25) is 4.79 Å². The second-order valence-electron chi connectivity index (χ2n) is 8.62. The van der Waals surface area contributed by atoms with E-state index in [0.717, 1.165) is 48.2 Å². The molecule has 2 aliphatic carbocycles. The molecule has 1 amide bonds. The van der Waals surface area contributed by atoms with Crippen LogP contribution in [0.15, 0.2) is 12.1 Å². The molecule has 2 bridgehead atoms. The van der Waals surface area contributed by atoms with Crippen LogP contribution in [0.25, 0.3) is 0 Å².